The first kappa shape index (κ1) is 14.8. The lowest BCUT2D eigenvalue weighted by Gasteiger charge is -2.28. The summed E-state index contributed by atoms with van der Waals surface area (Å²) in [5.41, 5.74) is 1.07. The van der Waals surface area contributed by atoms with Gasteiger partial charge in [-0.3, -0.25) is 4.68 Å². The van der Waals surface area contributed by atoms with Crippen LogP contribution in [0.5, 0.6) is 0 Å². The van der Waals surface area contributed by atoms with Crippen LogP contribution in [0.4, 0.5) is 0 Å². The molecule has 1 aliphatic rings. The molecule has 0 aromatic carbocycles. The lowest BCUT2D eigenvalue weighted by Crippen LogP contribution is -2.30. The van der Waals surface area contributed by atoms with Crippen LogP contribution in [-0.2, 0) is 11.8 Å². The minimum atomic E-state index is 0.225. The van der Waals surface area contributed by atoms with E-state index in [1.165, 1.54) is 12.8 Å². The Morgan fingerprint density at radius 1 is 1.58 bits per heavy atom. The SMILES string of the molecule is CCCNC(CC1CCCCO1)c1c(Cl)cnn1C. The van der Waals surface area contributed by atoms with Gasteiger partial charge < -0.3 is 10.1 Å². The number of rotatable bonds is 6. The molecule has 1 fully saturated rings. The summed E-state index contributed by atoms with van der Waals surface area (Å²) in [5, 5.41) is 8.56. The molecule has 2 unspecified atom stereocenters. The van der Waals surface area contributed by atoms with Crippen molar-refractivity contribution in [3.63, 3.8) is 0 Å². The van der Waals surface area contributed by atoms with Crippen molar-refractivity contribution in [3.05, 3.63) is 16.9 Å². The zero-order valence-corrected chi connectivity index (χ0v) is 12.6. The van der Waals surface area contributed by atoms with Gasteiger partial charge in [0.1, 0.15) is 0 Å². The average Bonchev–Trinajstić information content (AvgIpc) is 2.75. The maximum atomic E-state index is 6.27. The first-order valence-corrected chi connectivity index (χ1v) is 7.62. The van der Waals surface area contributed by atoms with E-state index >= 15 is 0 Å². The number of aromatic nitrogens is 2. The zero-order valence-electron chi connectivity index (χ0n) is 11.9. The molecule has 2 heterocycles. The Hall–Kier alpha value is -0.580. The van der Waals surface area contributed by atoms with E-state index in [9.17, 15) is 0 Å². The fourth-order valence-corrected chi connectivity index (χ4v) is 2.98. The quantitative estimate of drug-likeness (QED) is 0.873. The molecule has 1 aromatic heterocycles. The smallest absolute Gasteiger partial charge is 0.0834 e. The van der Waals surface area contributed by atoms with E-state index in [0.29, 0.717) is 6.10 Å². The predicted octanol–water partition coefficient (Wildman–Crippen LogP) is 3.07. The summed E-state index contributed by atoms with van der Waals surface area (Å²) >= 11 is 6.27. The predicted molar refractivity (Wildman–Crippen MR) is 77.5 cm³/mol. The van der Waals surface area contributed by atoms with Crippen molar-refractivity contribution in [2.75, 3.05) is 13.2 Å². The van der Waals surface area contributed by atoms with Gasteiger partial charge in [-0.15, -0.1) is 0 Å². The van der Waals surface area contributed by atoms with Crippen molar-refractivity contribution < 1.29 is 4.74 Å². The minimum absolute atomic E-state index is 0.225. The highest BCUT2D eigenvalue weighted by molar-refractivity contribution is 6.31. The van der Waals surface area contributed by atoms with E-state index in [-0.39, 0.29) is 6.04 Å². The third-order valence-electron chi connectivity index (χ3n) is 3.68. The molecule has 0 bridgehead atoms. The Kier molecular flexibility index (Phi) is 5.67. The molecule has 0 saturated carbocycles. The van der Waals surface area contributed by atoms with E-state index in [2.05, 4.69) is 17.3 Å². The Morgan fingerprint density at radius 3 is 3.00 bits per heavy atom. The van der Waals surface area contributed by atoms with Gasteiger partial charge in [-0.05, 0) is 38.6 Å². The molecule has 108 valence electrons. The molecule has 1 aromatic rings. The van der Waals surface area contributed by atoms with Crippen molar-refractivity contribution in [1.82, 2.24) is 15.1 Å². The topological polar surface area (TPSA) is 39.1 Å². The lowest BCUT2D eigenvalue weighted by atomic mass is 9.99. The van der Waals surface area contributed by atoms with Crippen molar-refractivity contribution in [2.45, 2.75) is 51.2 Å². The van der Waals surface area contributed by atoms with Crippen LogP contribution in [0, 0.1) is 0 Å². The van der Waals surface area contributed by atoms with Crippen molar-refractivity contribution in [1.29, 1.82) is 0 Å². The van der Waals surface area contributed by atoms with Crippen molar-refractivity contribution >= 4 is 11.6 Å². The summed E-state index contributed by atoms with van der Waals surface area (Å²) in [4.78, 5) is 0. The van der Waals surface area contributed by atoms with Crippen LogP contribution in [0.3, 0.4) is 0 Å². The fourth-order valence-electron chi connectivity index (χ4n) is 2.68. The van der Waals surface area contributed by atoms with E-state index in [4.69, 9.17) is 16.3 Å². The number of aryl methyl sites for hydroxylation is 1. The Bertz CT molecular complexity index is 369. The van der Waals surface area contributed by atoms with Gasteiger partial charge in [-0.2, -0.15) is 5.10 Å². The summed E-state index contributed by atoms with van der Waals surface area (Å²) < 4.78 is 7.73. The molecule has 1 saturated heterocycles. The summed E-state index contributed by atoms with van der Waals surface area (Å²) in [6, 6.07) is 0.225. The third-order valence-corrected chi connectivity index (χ3v) is 3.97. The second-order valence-corrected chi connectivity index (χ2v) is 5.64. The van der Waals surface area contributed by atoms with Crippen molar-refractivity contribution in [2.24, 2.45) is 7.05 Å². The van der Waals surface area contributed by atoms with Crippen LogP contribution in [-0.4, -0.2) is 29.0 Å². The van der Waals surface area contributed by atoms with Gasteiger partial charge in [0.2, 0.25) is 0 Å². The Balaban J connectivity index is 2.06. The molecule has 4 nitrogen and oxygen atoms in total. The normalized spacial score (nSPS) is 21.5. The van der Waals surface area contributed by atoms with Crippen LogP contribution in [0.25, 0.3) is 0 Å². The molecule has 19 heavy (non-hydrogen) atoms. The van der Waals surface area contributed by atoms with Crippen molar-refractivity contribution in [3.8, 4) is 0 Å². The highest BCUT2D eigenvalue weighted by atomic mass is 35.5. The monoisotopic (exact) mass is 285 g/mol. The number of nitrogens with one attached hydrogen (secondary N) is 1. The number of nitrogens with zero attached hydrogens (tertiary/aromatic N) is 2. The van der Waals surface area contributed by atoms with Gasteiger partial charge in [0.15, 0.2) is 0 Å². The summed E-state index contributed by atoms with van der Waals surface area (Å²) in [6.07, 6.45) is 7.75. The molecule has 0 spiro atoms. The maximum Gasteiger partial charge on any atom is 0.0834 e. The minimum Gasteiger partial charge on any atom is -0.378 e. The molecule has 0 radical (unpaired) electrons. The van der Waals surface area contributed by atoms with E-state index in [0.717, 1.165) is 43.1 Å². The van der Waals surface area contributed by atoms with Gasteiger partial charge in [-0.25, -0.2) is 0 Å². The van der Waals surface area contributed by atoms with Crippen LogP contribution in [0.2, 0.25) is 5.02 Å². The van der Waals surface area contributed by atoms with E-state index in [1.807, 2.05) is 11.7 Å². The Morgan fingerprint density at radius 2 is 2.42 bits per heavy atom. The molecular formula is C14H24ClN3O. The number of ether oxygens (including phenoxy) is 1. The van der Waals surface area contributed by atoms with Crippen LogP contribution in [0.1, 0.15) is 50.8 Å². The largest absolute Gasteiger partial charge is 0.378 e. The lowest BCUT2D eigenvalue weighted by molar-refractivity contribution is 0.00459. The molecule has 2 atom stereocenters. The molecule has 0 amide bonds. The summed E-state index contributed by atoms with van der Waals surface area (Å²) in [7, 11) is 1.95. The van der Waals surface area contributed by atoms with Crippen LogP contribution in [0.15, 0.2) is 6.20 Å². The second kappa shape index (κ2) is 7.27. The number of hydrogen-bond acceptors (Lipinski definition) is 3. The molecule has 1 aliphatic heterocycles. The number of halogens is 1. The van der Waals surface area contributed by atoms with Gasteiger partial charge in [0.05, 0.1) is 29.1 Å². The van der Waals surface area contributed by atoms with Gasteiger partial charge in [0.25, 0.3) is 0 Å². The molecule has 0 aliphatic carbocycles. The Labute approximate surface area is 120 Å². The van der Waals surface area contributed by atoms with E-state index in [1.54, 1.807) is 6.20 Å². The second-order valence-electron chi connectivity index (χ2n) is 5.23. The molecular weight excluding hydrogens is 262 g/mol. The first-order chi connectivity index (χ1) is 9.22. The summed E-state index contributed by atoms with van der Waals surface area (Å²) in [5.74, 6) is 0. The highest BCUT2D eigenvalue weighted by Crippen LogP contribution is 2.29. The standard InChI is InChI=1S/C14H24ClN3O/c1-3-7-16-13(9-11-6-4-5-8-19-11)14-12(15)10-17-18(14)2/h10-11,13,16H,3-9H2,1-2H3. The third kappa shape index (κ3) is 3.94. The van der Waals surface area contributed by atoms with E-state index < -0.39 is 0 Å². The van der Waals surface area contributed by atoms with Gasteiger partial charge >= 0.3 is 0 Å². The average molecular weight is 286 g/mol. The van der Waals surface area contributed by atoms with Gasteiger partial charge in [-0.1, -0.05) is 18.5 Å². The molecule has 5 heteroatoms. The zero-order chi connectivity index (χ0) is 13.7. The van der Waals surface area contributed by atoms with Gasteiger partial charge in [0, 0.05) is 13.7 Å². The molecule has 2 rings (SSSR count). The number of hydrogen-bond donors (Lipinski definition) is 1. The maximum absolute atomic E-state index is 6.27. The van der Waals surface area contributed by atoms with Crippen LogP contribution >= 0.6 is 11.6 Å². The van der Waals surface area contributed by atoms with Crippen LogP contribution < -0.4 is 5.32 Å². The first-order valence-electron chi connectivity index (χ1n) is 7.24. The fraction of sp³-hybridized carbons (Fsp3) is 0.786. The highest BCUT2D eigenvalue weighted by Gasteiger charge is 2.24. The molecule has 1 N–H and O–H groups in total. The summed E-state index contributed by atoms with van der Waals surface area (Å²) in [6.45, 7) is 4.05.